The third kappa shape index (κ3) is 4.25. The summed E-state index contributed by atoms with van der Waals surface area (Å²) >= 11 is 0. The highest BCUT2D eigenvalue weighted by Gasteiger charge is 2.28. The molecule has 1 atom stereocenters. The number of aryl methyl sites for hydroxylation is 1. The number of primary amides is 1. The van der Waals surface area contributed by atoms with Crippen LogP contribution in [0.1, 0.15) is 46.5 Å². The molecule has 0 radical (unpaired) electrons. The molecule has 5 rings (SSSR count). The van der Waals surface area contributed by atoms with Gasteiger partial charge in [0.15, 0.2) is 5.82 Å². The van der Waals surface area contributed by atoms with Crippen LogP contribution < -0.4 is 16.2 Å². The average Bonchev–Trinajstić information content (AvgIpc) is 3.43. The molecule has 2 amide bonds. The Labute approximate surface area is 204 Å². The summed E-state index contributed by atoms with van der Waals surface area (Å²) in [5.41, 5.74) is 15.0. The van der Waals surface area contributed by atoms with Crippen LogP contribution in [0.4, 0.5) is 0 Å². The van der Waals surface area contributed by atoms with Gasteiger partial charge in [0.25, 0.3) is 11.8 Å². The zero-order valence-electron chi connectivity index (χ0n) is 19.5. The standard InChI is InChI=1S/C24H30N6O3.ClH/c1-28-21-17(10-15(11-20(21)33-2)24(32)29-9-3-4-16(25)13-29)27-23(28)19-8-7-18(22(26)31)30(19)12-14-5-6-14;/h7-8,10-11,14,16H,3-6,9,12-13,25H2,1-2H3,(H2,26,31);1H. The Kier molecular flexibility index (Phi) is 6.60. The topological polar surface area (TPSA) is 121 Å². The number of halogens is 1. The van der Waals surface area contributed by atoms with E-state index >= 15 is 0 Å². The lowest BCUT2D eigenvalue weighted by Gasteiger charge is -2.30. The van der Waals surface area contributed by atoms with Gasteiger partial charge in [-0.25, -0.2) is 4.98 Å². The van der Waals surface area contributed by atoms with E-state index in [1.807, 2.05) is 28.3 Å². The summed E-state index contributed by atoms with van der Waals surface area (Å²) in [4.78, 5) is 31.9. The Morgan fingerprint density at radius 3 is 2.62 bits per heavy atom. The van der Waals surface area contributed by atoms with E-state index in [4.69, 9.17) is 21.2 Å². The predicted molar refractivity (Wildman–Crippen MR) is 132 cm³/mol. The van der Waals surface area contributed by atoms with Crippen molar-refractivity contribution < 1.29 is 14.3 Å². The molecule has 1 aliphatic carbocycles. The Hall–Kier alpha value is -3.04. The van der Waals surface area contributed by atoms with Gasteiger partial charge in [-0.3, -0.25) is 9.59 Å². The number of nitrogens with zero attached hydrogens (tertiary/aromatic N) is 4. The first kappa shape index (κ1) is 24.1. The van der Waals surface area contributed by atoms with Gasteiger partial charge in [-0.15, -0.1) is 12.4 Å². The summed E-state index contributed by atoms with van der Waals surface area (Å²) in [6, 6.07) is 7.23. The fraction of sp³-hybridized carbons (Fsp3) is 0.458. The van der Waals surface area contributed by atoms with Gasteiger partial charge in [-0.2, -0.15) is 0 Å². The fourth-order valence-electron chi connectivity index (χ4n) is 4.83. The van der Waals surface area contributed by atoms with Crippen LogP contribution in [-0.4, -0.2) is 57.1 Å². The van der Waals surface area contributed by atoms with E-state index in [-0.39, 0.29) is 24.4 Å². The van der Waals surface area contributed by atoms with Crippen molar-refractivity contribution in [2.24, 2.45) is 24.4 Å². The maximum absolute atomic E-state index is 13.2. The predicted octanol–water partition coefficient (Wildman–Crippen LogP) is 2.54. The van der Waals surface area contributed by atoms with Crippen LogP contribution in [0, 0.1) is 5.92 Å². The Bertz CT molecular complexity index is 1250. The second-order valence-corrected chi connectivity index (χ2v) is 9.22. The second kappa shape index (κ2) is 9.31. The molecular weight excluding hydrogens is 456 g/mol. The molecule has 0 spiro atoms. The quantitative estimate of drug-likeness (QED) is 0.554. The van der Waals surface area contributed by atoms with E-state index in [0.717, 1.165) is 43.4 Å². The lowest BCUT2D eigenvalue weighted by molar-refractivity contribution is 0.0708. The molecule has 1 unspecified atom stereocenters. The smallest absolute Gasteiger partial charge is 0.265 e. The molecule has 1 saturated carbocycles. The highest BCUT2D eigenvalue weighted by molar-refractivity contribution is 6.00. The van der Waals surface area contributed by atoms with Gasteiger partial charge >= 0.3 is 0 Å². The molecule has 1 aromatic carbocycles. The molecule has 1 aliphatic heterocycles. The van der Waals surface area contributed by atoms with Crippen LogP contribution in [-0.2, 0) is 13.6 Å². The van der Waals surface area contributed by atoms with Crippen molar-refractivity contribution in [2.75, 3.05) is 20.2 Å². The fourth-order valence-corrected chi connectivity index (χ4v) is 4.83. The van der Waals surface area contributed by atoms with Gasteiger partial charge in [0.1, 0.15) is 17.0 Å². The van der Waals surface area contributed by atoms with Crippen molar-refractivity contribution >= 4 is 35.3 Å². The molecule has 3 heterocycles. The molecule has 9 nitrogen and oxygen atoms in total. The molecule has 0 bridgehead atoms. The lowest BCUT2D eigenvalue weighted by atomic mass is 10.0. The normalized spacial score (nSPS) is 18.1. The number of nitrogens with two attached hydrogens (primary N) is 2. The number of carbonyl (C=O) groups excluding carboxylic acids is 2. The van der Waals surface area contributed by atoms with E-state index in [2.05, 4.69) is 0 Å². The maximum atomic E-state index is 13.2. The number of benzene rings is 1. The SMILES string of the molecule is COc1cc(C(=O)N2CCCC(N)C2)cc2nc(-c3ccc(C(N)=O)n3CC3CC3)n(C)c12.Cl. The minimum atomic E-state index is -0.453. The number of amides is 2. The Morgan fingerprint density at radius 1 is 1.21 bits per heavy atom. The zero-order valence-corrected chi connectivity index (χ0v) is 20.3. The van der Waals surface area contributed by atoms with Crippen LogP contribution in [0.3, 0.4) is 0 Å². The summed E-state index contributed by atoms with van der Waals surface area (Å²) in [7, 11) is 3.50. The number of methoxy groups -OCH3 is 1. The van der Waals surface area contributed by atoms with Gasteiger partial charge in [0.2, 0.25) is 0 Å². The summed E-state index contributed by atoms with van der Waals surface area (Å²) in [6.45, 7) is 1.99. The van der Waals surface area contributed by atoms with Crippen molar-refractivity contribution in [3.05, 3.63) is 35.5 Å². The van der Waals surface area contributed by atoms with E-state index in [1.165, 1.54) is 0 Å². The van der Waals surface area contributed by atoms with Gasteiger partial charge in [-0.05, 0) is 55.9 Å². The van der Waals surface area contributed by atoms with Crippen molar-refractivity contribution in [3.8, 4) is 17.3 Å². The number of imidazole rings is 1. The van der Waals surface area contributed by atoms with Crippen LogP contribution in [0.5, 0.6) is 5.75 Å². The minimum Gasteiger partial charge on any atom is -0.494 e. The highest BCUT2D eigenvalue weighted by Crippen LogP contribution is 2.36. The molecular formula is C24H31ClN6O3. The van der Waals surface area contributed by atoms with Crippen molar-refractivity contribution in [1.82, 2.24) is 19.0 Å². The average molecular weight is 487 g/mol. The number of likely N-dealkylation sites (tertiary alicyclic amines) is 1. The number of carbonyl (C=O) groups is 2. The number of fused-ring (bicyclic) bond motifs is 1. The number of rotatable bonds is 6. The number of hydrogen-bond acceptors (Lipinski definition) is 5. The third-order valence-electron chi connectivity index (χ3n) is 6.75. The highest BCUT2D eigenvalue weighted by atomic mass is 35.5. The van der Waals surface area contributed by atoms with Crippen molar-refractivity contribution in [1.29, 1.82) is 0 Å². The van der Waals surface area contributed by atoms with E-state index in [1.54, 1.807) is 24.1 Å². The number of hydrogen-bond donors (Lipinski definition) is 2. The van der Waals surface area contributed by atoms with Crippen LogP contribution >= 0.6 is 12.4 Å². The molecule has 182 valence electrons. The van der Waals surface area contributed by atoms with Crippen molar-refractivity contribution in [2.45, 2.75) is 38.3 Å². The Morgan fingerprint density at radius 2 is 1.97 bits per heavy atom. The first-order valence-corrected chi connectivity index (χ1v) is 11.5. The molecule has 2 aromatic heterocycles. The molecule has 10 heteroatoms. The molecule has 2 aliphatic rings. The largest absolute Gasteiger partial charge is 0.494 e. The lowest BCUT2D eigenvalue weighted by Crippen LogP contribution is -2.45. The summed E-state index contributed by atoms with van der Waals surface area (Å²) < 4.78 is 9.58. The Balaban J connectivity index is 0.00000274. The molecule has 1 saturated heterocycles. The third-order valence-corrected chi connectivity index (χ3v) is 6.75. The van der Waals surface area contributed by atoms with E-state index in [9.17, 15) is 9.59 Å². The number of aromatic nitrogens is 3. The van der Waals surface area contributed by atoms with Gasteiger partial charge < -0.3 is 30.2 Å². The first-order valence-electron chi connectivity index (χ1n) is 11.5. The monoisotopic (exact) mass is 486 g/mol. The minimum absolute atomic E-state index is 0. The molecule has 2 fully saturated rings. The van der Waals surface area contributed by atoms with E-state index < -0.39 is 5.91 Å². The zero-order chi connectivity index (χ0) is 23.3. The molecule has 4 N–H and O–H groups in total. The second-order valence-electron chi connectivity index (χ2n) is 9.22. The number of piperidine rings is 1. The summed E-state index contributed by atoms with van der Waals surface area (Å²) in [5, 5.41) is 0. The van der Waals surface area contributed by atoms with Gasteiger partial charge in [-0.1, -0.05) is 0 Å². The summed E-state index contributed by atoms with van der Waals surface area (Å²) in [5.74, 6) is 1.31. The van der Waals surface area contributed by atoms with Gasteiger partial charge in [0.05, 0.1) is 18.3 Å². The summed E-state index contributed by atoms with van der Waals surface area (Å²) in [6.07, 6.45) is 4.14. The first-order chi connectivity index (χ1) is 15.9. The molecule has 3 aromatic rings. The van der Waals surface area contributed by atoms with Gasteiger partial charge in [0, 0.05) is 38.3 Å². The van der Waals surface area contributed by atoms with Crippen LogP contribution in [0.2, 0.25) is 0 Å². The maximum Gasteiger partial charge on any atom is 0.265 e. The van der Waals surface area contributed by atoms with E-state index in [0.29, 0.717) is 47.4 Å². The van der Waals surface area contributed by atoms with Crippen LogP contribution in [0.25, 0.3) is 22.6 Å². The number of ether oxygens (including phenoxy) is 1. The van der Waals surface area contributed by atoms with Crippen molar-refractivity contribution in [3.63, 3.8) is 0 Å². The van der Waals surface area contributed by atoms with Crippen LogP contribution in [0.15, 0.2) is 24.3 Å². The molecule has 34 heavy (non-hydrogen) atoms.